The first-order valence-electron chi connectivity index (χ1n) is 6.31. The zero-order valence-corrected chi connectivity index (χ0v) is 11.9. The summed E-state index contributed by atoms with van der Waals surface area (Å²) >= 11 is 3.09. The fraction of sp³-hybridized carbons (Fsp3) is 0.538. The van der Waals surface area contributed by atoms with Gasteiger partial charge in [-0.05, 0) is 50.6 Å². The zero-order valence-electron chi connectivity index (χ0n) is 10.4. The number of halogens is 4. The van der Waals surface area contributed by atoms with E-state index in [1.807, 2.05) is 0 Å². The summed E-state index contributed by atoms with van der Waals surface area (Å²) in [6, 6.07) is 4.34. The highest BCUT2D eigenvalue weighted by atomic mass is 79.9. The largest absolute Gasteiger partial charge is 0.418 e. The maximum Gasteiger partial charge on any atom is 0.418 e. The van der Waals surface area contributed by atoms with E-state index in [2.05, 4.69) is 26.6 Å². The molecule has 1 aliphatic rings. The minimum atomic E-state index is -4.34. The predicted octanol–water partition coefficient (Wildman–Crippen LogP) is 4.02. The van der Waals surface area contributed by atoms with Crippen molar-refractivity contribution < 1.29 is 13.2 Å². The molecule has 0 aliphatic carbocycles. The van der Waals surface area contributed by atoms with Crippen LogP contribution in [0.5, 0.6) is 0 Å². The Bertz CT molecular complexity index is 426. The number of rotatable bonds is 2. The molecule has 1 aromatic carbocycles. The molecule has 2 rings (SSSR count). The van der Waals surface area contributed by atoms with Crippen LogP contribution in [0.1, 0.15) is 24.8 Å². The molecule has 0 spiro atoms. The smallest absolute Gasteiger partial charge is 0.382 e. The quantitative estimate of drug-likeness (QED) is 0.852. The van der Waals surface area contributed by atoms with E-state index in [1.165, 1.54) is 6.07 Å². The summed E-state index contributed by atoms with van der Waals surface area (Å²) in [6.45, 7) is 1.78. The van der Waals surface area contributed by atoms with E-state index in [0.717, 1.165) is 38.4 Å². The van der Waals surface area contributed by atoms with Crippen LogP contribution in [0.15, 0.2) is 22.7 Å². The van der Waals surface area contributed by atoms with Crippen molar-refractivity contribution in [1.29, 1.82) is 0 Å². The molecule has 1 aliphatic heterocycles. The first kappa shape index (κ1) is 14.7. The summed E-state index contributed by atoms with van der Waals surface area (Å²) < 4.78 is 39.4. The second-order valence-electron chi connectivity index (χ2n) is 4.71. The van der Waals surface area contributed by atoms with E-state index in [9.17, 15) is 13.2 Å². The fourth-order valence-electron chi connectivity index (χ4n) is 2.26. The van der Waals surface area contributed by atoms with Gasteiger partial charge in [-0.3, -0.25) is 0 Å². The number of alkyl halides is 3. The Labute approximate surface area is 118 Å². The van der Waals surface area contributed by atoms with Crippen LogP contribution in [0.2, 0.25) is 0 Å². The molecule has 0 aromatic heterocycles. The van der Waals surface area contributed by atoms with Crippen molar-refractivity contribution >= 4 is 21.6 Å². The average molecular weight is 337 g/mol. The van der Waals surface area contributed by atoms with E-state index >= 15 is 0 Å². The topological polar surface area (TPSA) is 24.1 Å². The van der Waals surface area contributed by atoms with Crippen molar-refractivity contribution in [2.75, 3.05) is 18.4 Å². The highest BCUT2D eigenvalue weighted by Crippen LogP contribution is 2.37. The molecule has 2 N–H and O–H groups in total. The summed E-state index contributed by atoms with van der Waals surface area (Å²) in [5.41, 5.74) is -0.443. The van der Waals surface area contributed by atoms with Gasteiger partial charge in [-0.25, -0.2) is 0 Å². The van der Waals surface area contributed by atoms with Crippen LogP contribution in [0.3, 0.4) is 0 Å². The SMILES string of the molecule is FC(F)(F)c1cc(Br)ccc1NC1CCCNCC1. The molecule has 0 bridgehead atoms. The lowest BCUT2D eigenvalue weighted by Crippen LogP contribution is -2.23. The first-order valence-corrected chi connectivity index (χ1v) is 7.10. The molecule has 1 heterocycles. The van der Waals surface area contributed by atoms with E-state index in [4.69, 9.17) is 0 Å². The van der Waals surface area contributed by atoms with E-state index < -0.39 is 11.7 Å². The van der Waals surface area contributed by atoms with Crippen molar-refractivity contribution in [3.05, 3.63) is 28.2 Å². The Morgan fingerprint density at radius 3 is 2.74 bits per heavy atom. The van der Waals surface area contributed by atoms with Crippen molar-refractivity contribution in [2.24, 2.45) is 0 Å². The monoisotopic (exact) mass is 336 g/mol. The van der Waals surface area contributed by atoms with Gasteiger partial charge in [0.25, 0.3) is 0 Å². The molecule has 0 radical (unpaired) electrons. The molecule has 6 heteroatoms. The third-order valence-electron chi connectivity index (χ3n) is 3.22. The summed E-state index contributed by atoms with van der Waals surface area (Å²) in [5, 5.41) is 6.29. The Morgan fingerprint density at radius 2 is 2.00 bits per heavy atom. The summed E-state index contributed by atoms with van der Waals surface area (Å²) in [4.78, 5) is 0. The van der Waals surface area contributed by atoms with Gasteiger partial charge in [0.1, 0.15) is 0 Å². The maximum atomic E-state index is 13.0. The van der Waals surface area contributed by atoms with Gasteiger partial charge >= 0.3 is 6.18 Å². The molecule has 1 atom stereocenters. The molecular formula is C13H16BrF3N2. The molecule has 2 nitrogen and oxygen atoms in total. The van der Waals surface area contributed by atoms with Crippen molar-refractivity contribution in [1.82, 2.24) is 5.32 Å². The van der Waals surface area contributed by atoms with Gasteiger partial charge in [0, 0.05) is 16.2 Å². The Morgan fingerprint density at radius 1 is 1.21 bits per heavy atom. The lowest BCUT2D eigenvalue weighted by Gasteiger charge is -2.21. The van der Waals surface area contributed by atoms with Gasteiger partial charge in [0.05, 0.1) is 5.56 Å². The second-order valence-corrected chi connectivity index (χ2v) is 5.63. The van der Waals surface area contributed by atoms with Gasteiger partial charge in [-0.15, -0.1) is 0 Å². The molecule has 0 amide bonds. The standard InChI is InChI=1S/C13H16BrF3N2/c14-9-3-4-12(11(8-9)13(15,16)17)19-10-2-1-6-18-7-5-10/h3-4,8,10,18-19H,1-2,5-7H2. The Hall–Kier alpha value is -0.750. The van der Waals surface area contributed by atoms with Crippen LogP contribution in [0, 0.1) is 0 Å². The van der Waals surface area contributed by atoms with Crippen LogP contribution in [0.25, 0.3) is 0 Å². The third-order valence-corrected chi connectivity index (χ3v) is 3.72. The third kappa shape index (κ3) is 4.11. The molecule has 1 fully saturated rings. The number of anilines is 1. The molecular weight excluding hydrogens is 321 g/mol. The van der Waals surface area contributed by atoms with Gasteiger partial charge < -0.3 is 10.6 Å². The molecule has 1 saturated heterocycles. The number of hydrogen-bond acceptors (Lipinski definition) is 2. The molecule has 19 heavy (non-hydrogen) atoms. The molecule has 0 saturated carbocycles. The summed E-state index contributed by atoms with van der Waals surface area (Å²) in [7, 11) is 0. The minimum Gasteiger partial charge on any atom is -0.382 e. The number of benzene rings is 1. The molecule has 106 valence electrons. The van der Waals surface area contributed by atoms with Crippen LogP contribution >= 0.6 is 15.9 Å². The van der Waals surface area contributed by atoms with Crippen LogP contribution in [0.4, 0.5) is 18.9 Å². The predicted molar refractivity (Wildman–Crippen MR) is 73.3 cm³/mol. The van der Waals surface area contributed by atoms with Gasteiger partial charge in [0.2, 0.25) is 0 Å². The number of hydrogen-bond donors (Lipinski definition) is 2. The van der Waals surface area contributed by atoms with Gasteiger partial charge in [-0.2, -0.15) is 13.2 Å². The van der Waals surface area contributed by atoms with E-state index in [1.54, 1.807) is 6.07 Å². The van der Waals surface area contributed by atoms with E-state index in [0.29, 0.717) is 4.47 Å². The zero-order chi connectivity index (χ0) is 13.9. The first-order chi connectivity index (χ1) is 8.97. The maximum absolute atomic E-state index is 13.0. The number of nitrogens with one attached hydrogen (secondary N) is 2. The fourth-order valence-corrected chi connectivity index (χ4v) is 2.62. The Kier molecular flexibility index (Phi) is 4.73. The molecule has 1 aromatic rings. The van der Waals surface area contributed by atoms with Crippen molar-refractivity contribution in [3.63, 3.8) is 0 Å². The minimum absolute atomic E-state index is 0.0947. The normalized spacial score (nSPS) is 20.9. The second kappa shape index (κ2) is 6.13. The van der Waals surface area contributed by atoms with Gasteiger partial charge in [-0.1, -0.05) is 15.9 Å². The average Bonchev–Trinajstić information content (AvgIpc) is 2.59. The summed E-state index contributed by atoms with van der Waals surface area (Å²) in [6.07, 6.45) is -1.63. The van der Waals surface area contributed by atoms with Gasteiger partial charge in [0.15, 0.2) is 0 Å². The lowest BCUT2D eigenvalue weighted by atomic mass is 10.1. The van der Waals surface area contributed by atoms with Crippen LogP contribution in [-0.2, 0) is 6.18 Å². The summed E-state index contributed by atoms with van der Waals surface area (Å²) in [5.74, 6) is 0. The van der Waals surface area contributed by atoms with Crippen molar-refractivity contribution in [3.8, 4) is 0 Å². The lowest BCUT2D eigenvalue weighted by molar-refractivity contribution is -0.137. The van der Waals surface area contributed by atoms with Crippen molar-refractivity contribution in [2.45, 2.75) is 31.5 Å². The Balaban J connectivity index is 2.19. The van der Waals surface area contributed by atoms with Crippen LogP contribution < -0.4 is 10.6 Å². The highest BCUT2D eigenvalue weighted by molar-refractivity contribution is 9.10. The van der Waals surface area contributed by atoms with Crippen LogP contribution in [-0.4, -0.2) is 19.1 Å². The van der Waals surface area contributed by atoms with E-state index in [-0.39, 0.29) is 11.7 Å². The highest BCUT2D eigenvalue weighted by Gasteiger charge is 2.34. The molecule has 1 unspecified atom stereocenters.